The van der Waals surface area contributed by atoms with Crippen LogP contribution in [-0.2, 0) is 22.0 Å². The van der Waals surface area contributed by atoms with Crippen molar-refractivity contribution in [2.75, 3.05) is 13.1 Å². The van der Waals surface area contributed by atoms with Crippen molar-refractivity contribution >= 4 is 10.0 Å². The predicted molar refractivity (Wildman–Crippen MR) is 81.9 cm³/mol. The van der Waals surface area contributed by atoms with Crippen LogP contribution in [0.3, 0.4) is 0 Å². The van der Waals surface area contributed by atoms with E-state index in [4.69, 9.17) is 0 Å². The molecule has 1 unspecified atom stereocenters. The van der Waals surface area contributed by atoms with Gasteiger partial charge in [0.05, 0.1) is 11.7 Å². The van der Waals surface area contributed by atoms with Crippen LogP contribution in [0.4, 0.5) is 17.6 Å². The maximum atomic E-state index is 12.9. The molecule has 26 heavy (non-hydrogen) atoms. The summed E-state index contributed by atoms with van der Waals surface area (Å²) in [5.74, 6) is -3.06. The van der Waals surface area contributed by atoms with Gasteiger partial charge in [-0.1, -0.05) is 12.1 Å². The highest BCUT2D eigenvalue weighted by molar-refractivity contribution is 7.88. The summed E-state index contributed by atoms with van der Waals surface area (Å²) in [4.78, 5) is 0. The van der Waals surface area contributed by atoms with Gasteiger partial charge in [-0.25, -0.2) is 17.1 Å². The molecule has 1 aliphatic rings. The number of aromatic nitrogens is 2. The van der Waals surface area contributed by atoms with E-state index in [-0.39, 0.29) is 24.7 Å². The smallest absolute Gasteiger partial charge is 0.417 e. The molecule has 1 saturated heterocycles. The average molecular weight is 393 g/mol. The molecule has 2 aromatic rings. The molecule has 0 bridgehead atoms. The van der Waals surface area contributed by atoms with Gasteiger partial charge in [-0.05, 0) is 30.5 Å². The van der Waals surface area contributed by atoms with Crippen molar-refractivity contribution in [1.82, 2.24) is 14.5 Å². The second kappa shape index (κ2) is 6.95. The number of nitrogens with zero attached hydrogens (tertiary/aromatic N) is 3. The highest BCUT2D eigenvalue weighted by Gasteiger charge is 2.40. The normalized spacial score (nSPS) is 19.6. The van der Waals surface area contributed by atoms with E-state index in [2.05, 4.69) is 14.6 Å². The highest BCUT2D eigenvalue weighted by Crippen LogP contribution is 2.32. The number of benzene rings is 1. The van der Waals surface area contributed by atoms with E-state index in [1.807, 2.05) is 0 Å². The molecule has 0 radical (unpaired) electrons. The van der Waals surface area contributed by atoms with Gasteiger partial charge >= 0.3 is 12.1 Å². The van der Waals surface area contributed by atoms with Gasteiger partial charge < -0.3 is 4.42 Å². The van der Waals surface area contributed by atoms with Crippen LogP contribution in [0.2, 0.25) is 0 Å². The van der Waals surface area contributed by atoms with E-state index in [9.17, 15) is 26.0 Å². The topological polar surface area (TPSA) is 76.3 Å². The molecule has 0 aliphatic carbocycles. The van der Waals surface area contributed by atoms with Gasteiger partial charge in [0.25, 0.3) is 0 Å². The zero-order valence-electron chi connectivity index (χ0n) is 13.4. The molecule has 0 amide bonds. The maximum Gasteiger partial charge on any atom is 0.470 e. The van der Waals surface area contributed by atoms with Crippen LogP contribution in [0.15, 0.2) is 28.7 Å². The Morgan fingerprint density at radius 1 is 1.19 bits per heavy atom. The van der Waals surface area contributed by atoms with Crippen molar-refractivity contribution in [3.63, 3.8) is 0 Å². The SMILES string of the molecule is O=S(=O)(Cc1ccc(F)cc1)N1CCCC(c2nnc(C(F)(F)F)o2)C1. The van der Waals surface area contributed by atoms with Gasteiger partial charge in [-0.2, -0.15) is 13.2 Å². The fourth-order valence-electron chi connectivity index (χ4n) is 2.79. The Labute approximate surface area is 146 Å². The molecular formula is C15H15F4N3O3S. The summed E-state index contributed by atoms with van der Waals surface area (Å²) in [5, 5.41) is 6.40. The minimum absolute atomic E-state index is 0.0387. The molecule has 6 nitrogen and oxygen atoms in total. The first-order valence-electron chi connectivity index (χ1n) is 7.78. The first-order chi connectivity index (χ1) is 12.1. The van der Waals surface area contributed by atoms with E-state index in [1.165, 1.54) is 28.6 Å². The van der Waals surface area contributed by atoms with Gasteiger partial charge in [0.2, 0.25) is 15.9 Å². The minimum Gasteiger partial charge on any atom is -0.417 e. The Morgan fingerprint density at radius 2 is 1.88 bits per heavy atom. The number of sulfonamides is 1. The highest BCUT2D eigenvalue weighted by atomic mass is 32.2. The van der Waals surface area contributed by atoms with Gasteiger partial charge in [0.15, 0.2) is 0 Å². The Hall–Kier alpha value is -2.01. The van der Waals surface area contributed by atoms with Crippen LogP contribution in [0.1, 0.15) is 36.1 Å². The monoisotopic (exact) mass is 393 g/mol. The molecule has 1 aromatic carbocycles. The molecule has 11 heteroatoms. The predicted octanol–water partition coefficient (Wildman–Crippen LogP) is 2.94. The first kappa shape index (κ1) is 18.8. The Morgan fingerprint density at radius 3 is 2.50 bits per heavy atom. The maximum absolute atomic E-state index is 12.9. The zero-order valence-corrected chi connectivity index (χ0v) is 14.2. The first-order valence-corrected chi connectivity index (χ1v) is 9.39. The molecular weight excluding hydrogens is 378 g/mol. The molecule has 0 spiro atoms. The zero-order chi connectivity index (χ0) is 18.9. The van der Waals surface area contributed by atoms with E-state index < -0.39 is 33.8 Å². The summed E-state index contributed by atoms with van der Waals surface area (Å²) in [6, 6.07) is 5.09. The van der Waals surface area contributed by atoms with Crippen molar-refractivity contribution in [3.8, 4) is 0 Å². The number of piperidine rings is 1. The Kier molecular flexibility index (Phi) is 5.02. The molecule has 0 saturated carbocycles. The summed E-state index contributed by atoms with van der Waals surface area (Å²) in [5.41, 5.74) is 0.422. The molecule has 1 aromatic heterocycles. The van der Waals surface area contributed by atoms with Crippen LogP contribution < -0.4 is 0 Å². The molecule has 1 atom stereocenters. The third kappa shape index (κ3) is 4.21. The van der Waals surface area contributed by atoms with E-state index in [1.54, 1.807) is 0 Å². The lowest BCUT2D eigenvalue weighted by atomic mass is 10.00. The molecule has 142 valence electrons. The van der Waals surface area contributed by atoms with Crippen LogP contribution in [0, 0.1) is 5.82 Å². The summed E-state index contributed by atoms with van der Waals surface area (Å²) >= 11 is 0. The number of halogens is 4. The third-order valence-electron chi connectivity index (χ3n) is 4.07. The summed E-state index contributed by atoms with van der Waals surface area (Å²) in [6.07, 6.45) is -3.84. The second-order valence-electron chi connectivity index (χ2n) is 6.02. The van der Waals surface area contributed by atoms with Crippen molar-refractivity contribution in [1.29, 1.82) is 0 Å². The molecule has 2 heterocycles. The Bertz CT molecular complexity index is 865. The fourth-order valence-corrected chi connectivity index (χ4v) is 4.40. The quantitative estimate of drug-likeness (QED) is 0.747. The molecule has 1 aliphatic heterocycles. The van der Waals surface area contributed by atoms with Crippen LogP contribution >= 0.6 is 0 Å². The molecule has 0 N–H and O–H groups in total. The molecule has 1 fully saturated rings. The lowest BCUT2D eigenvalue weighted by Crippen LogP contribution is -2.39. The van der Waals surface area contributed by atoms with Crippen LogP contribution in [0.5, 0.6) is 0 Å². The average Bonchev–Trinajstić information content (AvgIpc) is 3.07. The summed E-state index contributed by atoms with van der Waals surface area (Å²) in [7, 11) is -3.71. The molecule has 3 rings (SSSR count). The van der Waals surface area contributed by atoms with Gasteiger partial charge in [-0.15, -0.1) is 10.2 Å². The lowest BCUT2D eigenvalue weighted by molar-refractivity contribution is -0.157. The van der Waals surface area contributed by atoms with E-state index in [0.29, 0.717) is 18.4 Å². The number of rotatable bonds is 4. The van der Waals surface area contributed by atoms with E-state index in [0.717, 1.165) is 0 Å². The van der Waals surface area contributed by atoms with Gasteiger partial charge in [0.1, 0.15) is 5.82 Å². The summed E-state index contributed by atoms with van der Waals surface area (Å²) < 4.78 is 81.7. The van der Waals surface area contributed by atoms with Crippen LogP contribution in [0.25, 0.3) is 0 Å². The largest absolute Gasteiger partial charge is 0.470 e. The number of alkyl halides is 3. The van der Waals surface area contributed by atoms with Gasteiger partial charge in [-0.3, -0.25) is 0 Å². The van der Waals surface area contributed by atoms with Crippen molar-refractivity contribution in [3.05, 3.63) is 47.4 Å². The summed E-state index contributed by atoms with van der Waals surface area (Å²) in [6.45, 7) is 0.212. The number of hydrogen-bond donors (Lipinski definition) is 0. The van der Waals surface area contributed by atoms with Gasteiger partial charge in [0, 0.05) is 13.1 Å². The second-order valence-corrected chi connectivity index (χ2v) is 7.99. The number of hydrogen-bond acceptors (Lipinski definition) is 5. The Balaban J connectivity index is 1.73. The van der Waals surface area contributed by atoms with Crippen molar-refractivity contribution in [2.24, 2.45) is 0 Å². The van der Waals surface area contributed by atoms with Crippen LogP contribution in [-0.4, -0.2) is 36.0 Å². The van der Waals surface area contributed by atoms with Crippen molar-refractivity contribution < 1.29 is 30.4 Å². The fraction of sp³-hybridized carbons (Fsp3) is 0.467. The van der Waals surface area contributed by atoms with Crippen molar-refractivity contribution in [2.45, 2.75) is 30.7 Å². The van der Waals surface area contributed by atoms with E-state index >= 15 is 0 Å². The third-order valence-corrected chi connectivity index (χ3v) is 5.89. The lowest BCUT2D eigenvalue weighted by Gasteiger charge is -2.30. The minimum atomic E-state index is -4.74. The standard InChI is InChI=1S/C15H15F4N3O3S/c16-12-5-3-10(4-6-12)9-26(23,24)22-7-1-2-11(8-22)13-20-21-14(25-13)15(17,18)19/h3-6,11H,1-2,7-9H2.